The number of piperidine rings is 1. The SMILES string of the molecule is C[C@@H]1OCC2(CCN(c3ncc(Sc4cc5c(nc4Cl)C4=C(C5)C(O)CCC4)nc3CO)CC2)[C@@H]1N. The molecule has 1 unspecified atom stereocenters. The number of pyridine rings is 1. The number of ether oxygens (including phenoxy) is 1. The monoisotopic (exact) mass is 529 g/mol. The maximum atomic E-state index is 10.4. The molecule has 192 valence electrons. The minimum Gasteiger partial charge on any atom is -0.390 e. The first-order valence-electron chi connectivity index (χ1n) is 12.7. The van der Waals surface area contributed by atoms with E-state index in [1.54, 1.807) is 6.20 Å². The Hall–Kier alpha value is -1.75. The standard InChI is InChI=1S/C26H32ClN5O3S/c1-14-23(28)26(13-35-14)5-7-32(8-6-26)25-18(12-33)30-21(11-29-25)36-20-10-15-9-17-16(3-2-4-19(17)34)22(15)31-24(20)27/h10-11,14,19,23,33-34H,2-9,12-13,28H2,1H3/t14-,19?,23+/m0/s1. The van der Waals surface area contributed by atoms with Gasteiger partial charge in [0.1, 0.15) is 15.9 Å². The van der Waals surface area contributed by atoms with Crippen molar-refractivity contribution in [3.8, 4) is 0 Å². The van der Waals surface area contributed by atoms with E-state index in [-0.39, 0.29) is 30.3 Å². The fourth-order valence-electron chi connectivity index (χ4n) is 6.26. The van der Waals surface area contributed by atoms with E-state index in [9.17, 15) is 10.2 Å². The fourth-order valence-corrected chi connectivity index (χ4v) is 7.33. The molecule has 0 amide bonds. The van der Waals surface area contributed by atoms with Crippen LogP contribution < -0.4 is 10.6 Å². The Morgan fingerprint density at radius 2 is 2.11 bits per heavy atom. The van der Waals surface area contributed by atoms with Gasteiger partial charge in [0.15, 0.2) is 5.82 Å². The lowest BCUT2D eigenvalue weighted by atomic mass is 9.73. The Morgan fingerprint density at radius 3 is 2.83 bits per heavy atom. The van der Waals surface area contributed by atoms with E-state index in [4.69, 9.17) is 37.0 Å². The minimum atomic E-state index is -0.381. The number of hydrogen-bond acceptors (Lipinski definition) is 9. The number of nitrogens with two attached hydrogens (primary N) is 1. The van der Waals surface area contributed by atoms with Gasteiger partial charge in [0.25, 0.3) is 0 Å². The van der Waals surface area contributed by atoms with Gasteiger partial charge >= 0.3 is 0 Å². The quantitative estimate of drug-likeness (QED) is 0.512. The zero-order valence-electron chi connectivity index (χ0n) is 20.4. The Kier molecular flexibility index (Phi) is 6.50. The number of allylic oxidation sites excluding steroid dienone is 1. The van der Waals surface area contributed by atoms with Gasteiger partial charge in [-0.15, -0.1) is 0 Å². The van der Waals surface area contributed by atoms with Gasteiger partial charge in [0, 0.05) is 24.5 Å². The highest BCUT2D eigenvalue weighted by Gasteiger charge is 2.47. The topological polar surface area (TPSA) is 118 Å². The number of aliphatic hydroxyl groups is 2. The molecule has 6 rings (SSSR count). The molecule has 2 aromatic rings. The first-order valence-corrected chi connectivity index (χ1v) is 13.9. The number of anilines is 1. The van der Waals surface area contributed by atoms with Gasteiger partial charge in [-0.25, -0.2) is 15.0 Å². The van der Waals surface area contributed by atoms with Crippen LogP contribution in [-0.2, 0) is 17.8 Å². The second-order valence-electron chi connectivity index (χ2n) is 10.5. The van der Waals surface area contributed by atoms with Gasteiger partial charge in [-0.3, -0.25) is 0 Å². The number of fused-ring (bicyclic) bond motifs is 2. The second-order valence-corrected chi connectivity index (χ2v) is 11.9. The Labute approximate surface area is 220 Å². The number of halogens is 1. The zero-order valence-corrected chi connectivity index (χ0v) is 22.0. The summed E-state index contributed by atoms with van der Waals surface area (Å²) >= 11 is 7.99. The van der Waals surface area contributed by atoms with E-state index in [0.717, 1.165) is 84.7 Å². The van der Waals surface area contributed by atoms with Crippen LogP contribution in [0, 0.1) is 5.41 Å². The second kappa shape index (κ2) is 9.53. The van der Waals surface area contributed by atoms with Crippen molar-refractivity contribution in [1.29, 1.82) is 0 Å². The highest BCUT2D eigenvalue weighted by Crippen LogP contribution is 2.45. The molecule has 0 radical (unpaired) electrons. The van der Waals surface area contributed by atoms with E-state index >= 15 is 0 Å². The van der Waals surface area contributed by atoms with Crippen molar-refractivity contribution >= 4 is 34.8 Å². The number of nitrogens with zero attached hydrogens (tertiary/aromatic N) is 4. The van der Waals surface area contributed by atoms with Crippen LogP contribution >= 0.6 is 23.4 Å². The molecular formula is C26H32ClN5O3S. The number of hydrogen-bond donors (Lipinski definition) is 3. The van der Waals surface area contributed by atoms with Crippen molar-refractivity contribution in [3.05, 3.63) is 39.9 Å². The molecule has 36 heavy (non-hydrogen) atoms. The summed E-state index contributed by atoms with van der Waals surface area (Å²) < 4.78 is 5.84. The third-order valence-corrected chi connectivity index (χ3v) is 9.79. The molecular weight excluding hydrogens is 498 g/mol. The van der Waals surface area contributed by atoms with Crippen LogP contribution in [-0.4, -0.2) is 63.1 Å². The molecule has 10 heteroatoms. The maximum Gasteiger partial charge on any atom is 0.152 e. The summed E-state index contributed by atoms with van der Waals surface area (Å²) in [6.07, 6.45) is 6.77. The van der Waals surface area contributed by atoms with Gasteiger partial charge in [0.2, 0.25) is 0 Å². The highest BCUT2D eigenvalue weighted by atomic mass is 35.5. The predicted octanol–water partition coefficient (Wildman–Crippen LogP) is 3.36. The predicted molar refractivity (Wildman–Crippen MR) is 139 cm³/mol. The van der Waals surface area contributed by atoms with Crippen molar-refractivity contribution in [1.82, 2.24) is 15.0 Å². The smallest absolute Gasteiger partial charge is 0.152 e. The minimum absolute atomic E-state index is 0.0277. The Bertz CT molecular complexity index is 1220. The summed E-state index contributed by atoms with van der Waals surface area (Å²) in [6, 6.07) is 2.11. The Morgan fingerprint density at radius 1 is 1.31 bits per heavy atom. The van der Waals surface area contributed by atoms with Crippen molar-refractivity contribution in [2.24, 2.45) is 11.1 Å². The summed E-state index contributed by atoms with van der Waals surface area (Å²) in [4.78, 5) is 17.1. The molecule has 8 nitrogen and oxygen atoms in total. The first-order chi connectivity index (χ1) is 17.4. The van der Waals surface area contributed by atoms with Crippen molar-refractivity contribution in [2.75, 3.05) is 24.6 Å². The summed E-state index contributed by atoms with van der Waals surface area (Å²) in [5.74, 6) is 0.723. The number of aliphatic hydroxyl groups excluding tert-OH is 2. The van der Waals surface area contributed by atoms with E-state index in [1.807, 2.05) is 6.92 Å². The average molecular weight is 530 g/mol. The third-order valence-electron chi connectivity index (χ3n) is 8.45. The average Bonchev–Trinajstić information content (AvgIpc) is 3.38. The molecule has 4 aliphatic rings. The summed E-state index contributed by atoms with van der Waals surface area (Å²) in [6.45, 7) is 4.19. The molecule has 3 atom stereocenters. The van der Waals surface area contributed by atoms with Crippen molar-refractivity contribution < 1.29 is 14.9 Å². The van der Waals surface area contributed by atoms with Gasteiger partial charge in [-0.2, -0.15) is 0 Å². The third kappa shape index (κ3) is 4.14. The normalized spacial score (nSPS) is 27.0. The summed E-state index contributed by atoms with van der Waals surface area (Å²) in [5, 5.41) is 21.6. The van der Waals surface area contributed by atoms with E-state index in [2.05, 4.69) is 11.0 Å². The number of rotatable bonds is 4. The molecule has 0 bridgehead atoms. The zero-order chi connectivity index (χ0) is 25.0. The molecule has 2 aliphatic heterocycles. The molecule has 2 fully saturated rings. The lowest BCUT2D eigenvalue weighted by Gasteiger charge is -2.41. The fraction of sp³-hybridized carbons (Fsp3) is 0.577. The molecule has 1 spiro atoms. The van der Waals surface area contributed by atoms with Crippen molar-refractivity contribution in [3.63, 3.8) is 0 Å². The summed E-state index contributed by atoms with van der Waals surface area (Å²) in [5.41, 5.74) is 11.3. The molecule has 2 aromatic heterocycles. The van der Waals surface area contributed by atoms with E-state index in [0.29, 0.717) is 22.5 Å². The molecule has 2 aliphatic carbocycles. The molecule has 0 aromatic carbocycles. The molecule has 0 saturated carbocycles. The van der Waals surface area contributed by atoms with Crippen LogP contribution in [0.2, 0.25) is 5.15 Å². The molecule has 4 N–H and O–H groups in total. The lowest BCUT2D eigenvalue weighted by Crippen LogP contribution is -2.51. The highest BCUT2D eigenvalue weighted by molar-refractivity contribution is 7.99. The van der Waals surface area contributed by atoms with E-state index < -0.39 is 0 Å². The lowest BCUT2D eigenvalue weighted by molar-refractivity contribution is 0.0973. The molecule has 2 saturated heterocycles. The Balaban J connectivity index is 1.19. The van der Waals surface area contributed by atoms with E-state index in [1.165, 1.54) is 11.8 Å². The van der Waals surface area contributed by atoms with Gasteiger partial charge in [-0.05, 0) is 68.2 Å². The van der Waals surface area contributed by atoms with Gasteiger partial charge in [-0.1, -0.05) is 23.4 Å². The van der Waals surface area contributed by atoms with Gasteiger partial charge < -0.3 is 25.6 Å². The largest absolute Gasteiger partial charge is 0.390 e. The van der Waals surface area contributed by atoms with Gasteiger partial charge in [0.05, 0.1) is 42.2 Å². The maximum absolute atomic E-state index is 10.4. The van der Waals surface area contributed by atoms with Crippen LogP contribution in [0.1, 0.15) is 56.0 Å². The van der Waals surface area contributed by atoms with Crippen LogP contribution in [0.3, 0.4) is 0 Å². The van der Waals surface area contributed by atoms with Crippen LogP contribution in [0.5, 0.6) is 0 Å². The van der Waals surface area contributed by atoms with Crippen LogP contribution in [0.4, 0.5) is 5.82 Å². The van der Waals surface area contributed by atoms with Crippen LogP contribution in [0.15, 0.2) is 27.8 Å². The first kappa shape index (κ1) is 24.6. The summed E-state index contributed by atoms with van der Waals surface area (Å²) in [7, 11) is 0. The van der Waals surface area contributed by atoms with Crippen LogP contribution in [0.25, 0.3) is 5.57 Å². The molecule has 4 heterocycles. The number of aromatic nitrogens is 3. The van der Waals surface area contributed by atoms with Crippen molar-refractivity contribution in [2.45, 2.75) is 80.2 Å².